The number of hydrogen-bond acceptors (Lipinski definition) is 4. The van der Waals surface area contributed by atoms with Crippen molar-refractivity contribution in [2.75, 3.05) is 12.4 Å². The highest BCUT2D eigenvalue weighted by Gasteiger charge is 2.16. The fraction of sp³-hybridized carbons (Fsp3) is 0.0833. The Kier molecular flexibility index (Phi) is 4.19. The molecule has 0 unspecified atom stereocenters. The third kappa shape index (κ3) is 3.13. The van der Waals surface area contributed by atoms with Gasteiger partial charge >= 0.3 is 0 Å². The van der Waals surface area contributed by atoms with Crippen molar-refractivity contribution in [3.63, 3.8) is 0 Å². The van der Waals surface area contributed by atoms with Crippen LogP contribution in [0.3, 0.4) is 0 Å². The van der Waals surface area contributed by atoms with Gasteiger partial charge < -0.3 is 10.1 Å². The van der Waals surface area contributed by atoms with Crippen molar-refractivity contribution in [2.45, 2.75) is 0 Å². The molecule has 0 spiro atoms. The number of anilines is 1. The molecule has 0 aliphatic heterocycles. The van der Waals surface area contributed by atoms with Crippen molar-refractivity contribution in [3.05, 3.63) is 46.3 Å². The first-order chi connectivity index (χ1) is 9.11. The molecule has 2 aromatic rings. The number of hydrogen-bond donors (Lipinski definition) is 1. The Morgan fingerprint density at radius 3 is 2.74 bits per heavy atom. The number of carbonyl (C=O) groups excluding carboxylic acids is 1. The molecule has 1 heterocycles. The Balaban J connectivity index is 2.28. The highest BCUT2D eigenvalue weighted by molar-refractivity contribution is 6.34. The van der Waals surface area contributed by atoms with Gasteiger partial charge in [0.2, 0.25) is 11.2 Å². The molecule has 1 aromatic heterocycles. The molecule has 2 rings (SSSR count). The van der Waals surface area contributed by atoms with E-state index in [9.17, 15) is 4.79 Å². The highest BCUT2D eigenvalue weighted by atomic mass is 35.5. The third-order valence-corrected chi connectivity index (χ3v) is 2.80. The van der Waals surface area contributed by atoms with Gasteiger partial charge in [0.25, 0.3) is 5.91 Å². The molecule has 0 saturated heterocycles. The molecule has 0 atom stereocenters. The van der Waals surface area contributed by atoms with E-state index in [2.05, 4.69) is 15.3 Å². The van der Waals surface area contributed by atoms with E-state index in [1.807, 2.05) is 0 Å². The molecule has 0 radical (unpaired) electrons. The predicted octanol–water partition coefficient (Wildman–Crippen LogP) is 3.04. The summed E-state index contributed by atoms with van der Waals surface area (Å²) in [5.74, 6) is -0.328. The number of nitrogens with zero attached hydrogens (tertiary/aromatic N) is 2. The van der Waals surface area contributed by atoms with Gasteiger partial charge in [0.1, 0.15) is 5.56 Å². The van der Waals surface area contributed by atoms with E-state index >= 15 is 0 Å². The normalized spacial score (nSPS) is 10.1. The van der Waals surface area contributed by atoms with Crippen molar-refractivity contribution in [1.82, 2.24) is 9.97 Å². The van der Waals surface area contributed by atoms with E-state index in [0.29, 0.717) is 10.7 Å². The van der Waals surface area contributed by atoms with Crippen molar-refractivity contribution < 1.29 is 9.53 Å². The zero-order chi connectivity index (χ0) is 13.8. The minimum atomic E-state index is -0.429. The molecule has 0 saturated carbocycles. The number of halogens is 2. The summed E-state index contributed by atoms with van der Waals surface area (Å²) in [7, 11) is 1.39. The van der Waals surface area contributed by atoms with Crippen molar-refractivity contribution in [3.8, 4) is 5.88 Å². The van der Waals surface area contributed by atoms with E-state index < -0.39 is 5.91 Å². The summed E-state index contributed by atoms with van der Waals surface area (Å²) in [5, 5.41) is 3.09. The van der Waals surface area contributed by atoms with Crippen LogP contribution in [-0.2, 0) is 0 Å². The first-order valence-corrected chi connectivity index (χ1v) is 6.00. The van der Waals surface area contributed by atoms with Crippen LogP contribution in [0.4, 0.5) is 5.69 Å². The van der Waals surface area contributed by atoms with Gasteiger partial charge in [-0.25, -0.2) is 4.98 Å². The predicted molar refractivity (Wildman–Crippen MR) is 73.0 cm³/mol. The van der Waals surface area contributed by atoms with Crippen molar-refractivity contribution >= 4 is 34.8 Å². The van der Waals surface area contributed by atoms with Crippen LogP contribution in [0.15, 0.2) is 30.5 Å². The molecule has 0 aliphatic carbocycles. The lowest BCUT2D eigenvalue weighted by Crippen LogP contribution is -2.14. The maximum atomic E-state index is 12.1. The van der Waals surface area contributed by atoms with Gasteiger partial charge in [-0.3, -0.25) is 4.79 Å². The fourth-order valence-electron chi connectivity index (χ4n) is 1.41. The first kappa shape index (κ1) is 13.6. The lowest BCUT2D eigenvalue weighted by molar-refractivity contribution is 0.102. The minimum Gasteiger partial charge on any atom is -0.480 e. The van der Waals surface area contributed by atoms with Gasteiger partial charge in [-0.05, 0) is 23.7 Å². The molecule has 19 heavy (non-hydrogen) atoms. The summed E-state index contributed by atoms with van der Waals surface area (Å²) in [6.45, 7) is 0. The number of amides is 1. The largest absolute Gasteiger partial charge is 0.480 e. The summed E-state index contributed by atoms with van der Waals surface area (Å²) < 4.78 is 4.99. The van der Waals surface area contributed by atoms with Gasteiger partial charge in [-0.2, -0.15) is 4.98 Å². The number of benzene rings is 1. The number of para-hydroxylation sites is 1. The molecule has 7 heteroatoms. The van der Waals surface area contributed by atoms with Crippen LogP contribution < -0.4 is 10.1 Å². The van der Waals surface area contributed by atoms with Gasteiger partial charge in [0.05, 0.1) is 17.8 Å². The smallest absolute Gasteiger partial charge is 0.262 e. The van der Waals surface area contributed by atoms with Crippen LogP contribution in [0.25, 0.3) is 0 Å². The molecular formula is C12H9Cl2N3O2. The van der Waals surface area contributed by atoms with Crippen LogP contribution in [0, 0.1) is 0 Å². The standard InChI is InChI=1S/C12H9Cl2N3O2/c1-19-11-7(6-15-12(14)17-11)10(18)16-9-5-3-2-4-8(9)13/h2-6H,1H3,(H,16,18). The summed E-state index contributed by atoms with van der Waals surface area (Å²) in [6, 6.07) is 6.89. The maximum absolute atomic E-state index is 12.1. The second-order valence-corrected chi connectivity index (χ2v) is 4.24. The zero-order valence-electron chi connectivity index (χ0n) is 9.85. The molecule has 1 N–H and O–H groups in total. The number of aromatic nitrogens is 2. The van der Waals surface area contributed by atoms with Crippen LogP contribution in [0.1, 0.15) is 10.4 Å². The number of methoxy groups -OCH3 is 1. The third-order valence-electron chi connectivity index (χ3n) is 2.28. The fourth-order valence-corrected chi connectivity index (χ4v) is 1.72. The first-order valence-electron chi connectivity index (χ1n) is 5.24. The maximum Gasteiger partial charge on any atom is 0.262 e. The Morgan fingerprint density at radius 1 is 1.32 bits per heavy atom. The van der Waals surface area contributed by atoms with Crippen LogP contribution in [0.5, 0.6) is 5.88 Å². The molecule has 5 nitrogen and oxygen atoms in total. The minimum absolute atomic E-state index is 0.00569. The van der Waals surface area contributed by atoms with E-state index in [4.69, 9.17) is 27.9 Å². The lowest BCUT2D eigenvalue weighted by Gasteiger charge is -2.09. The summed E-state index contributed by atoms with van der Waals surface area (Å²) in [6.07, 6.45) is 1.29. The van der Waals surface area contributed by atoms with Gasteiger partial charge in [0, 0.05) is 6.20 Å². The molecule has 0 bridgehead atoms. The van der Waals surface area contributed by atoms with Gasteiger partial charge in [-0.1, -0.05) is 23.7 Å². The number of nitrogens with one attached hydrogen (secondary N) is 1. The van der Waals surface area contributed by atoms with Crippen molar-refractivity contribution in [1.29, 1.82) is 0 Å². The Hall–Kier alpha value is -1.85. The lowest BCUT2D eigenvalue weighted by atomic mass is 10.2. The molecule has 1 aromatic carbocycles. The Labute approximate surface area is 119 Å². The summed E-state index contributed by atoms with van der Waals surface area (Å²) in [5.41, 5.74) is 0.665. The molecule has 0 aliphatic rings. The van der Waals surface area contributed by atoms with E-state index in [1.54, 1.807) is 24.3 Å². The Morgan fingerprint density at radius 2 is 2.05 bits per heavy atom. The summed E-state index contributed by atoms with van der Waals surface area (Å²) in [4.78, 5) is 19.7. The second-order valence-electron chi connectivity index (χ2n) is 3.50. The van der Waals surface area contributed by atoms with Crippen LogP contribution >= 0.6 is 23.2 Å². The second kappa shape index (κ2) is 5.86. The average molecular weight is 298 g/mol. The molecule has 1 amide bonds. The average Bonchev–Trinajstić information content (AvgIpc) is 2.41. The van der Waals surface area contributed by atoms with E-state index in [1.165, 1.54) is 13.3 Å². The summed E-state index contributed by atoms with van der Waals surface area (Å²) >= 11 is 11.6. The molecule has 98 valence electrons. The zero-order valence-corrected chi connectivity index (χ0v) is 11.4. The topological polar surface area (TPSA) is 64.1 Å². The molecular weight excluding hydrogens is 289 g/mol. The van der Waals surface area contributed by atoms with Crippen LogP contribution in [0.2, 0.25) is 10.3 Å². The van der Waals surface area contributed by atoms with Crippen molar-refractivity contribution in [2.24, 2.45) is 0 Å². The van der Waals surface area contributed by atoms with Gasteiger partial charge in [0.15, 0.2) is 0 Å². The molecule has 0 fully saturated rings. The Bertz CT molecular complexity index is 620. The van der Waals surface area contributed by atoms with E-state index in [0.717, 1.165) is 0 Å². The SMILES string of the molecule is COc1nc(Cl)ncc1C(=O)Nc1ccccc1Cl. The van der Waals surface area contributed by atoms with Gasteiger partial charge in [-0.15, -0.1) is 0 Å². The quantitative estimate of drug-likeness (QED) is 0.885. The monoisotopic (exact) mass is 297 g/mol. The number of ether oxygens (including phenoxy) is 1. The number of rotatable bonds is 3. The van der Waals surface area contributed by atoms with Crippen LogP contribution in [-0.4, -0.2) is 23.0 Å². The van der Waals surface area contributed by atoms with E-state index in [-0.39, 0.29) is 16.7 Å². The highest BCUT2D eigenvalue weighted by Crippen LogP contribution is 2.23. The number of carbonyl (C=O) groups is 1.